The number of quaternary nitrogens is 2. The first-order chi connectivity index (χ1) is 9.02. The summed E-state index contributed by atoms with van der Waals surface area (Å²) in [7, 11) is 4.74. The molecule has 0 amide bonds. The van der Waals surface area contributed by atoms with Gasteiger partial charge in [-0.25, -0.2) is 0 Å². The number of rotatable bonds is 7. The Morgan fingerprint density at radius 2 is 1.26 bits per heavy atom. The average molecular weight is 270 g/mol. The second-order valence-corrected chi connectivity index (χ2v) is 7.58. The van der Waals surface area contributed by atoms with E-state index >= 15 is 0 Å². The summed E-state index contributed by atoms with van der Waals surface area (Å²) in [4.78, 5) is 0. The van der Waals surface area contributed by atoms with Crippen molar-refractivity contribution < 1.29 is 14.1 Å². The van der Waals surface area contributed by atoms with Crippen molar-refractivity contribution in [3.63, 3.8) is 0 Å². The minimum atomic E-state index is -0.0650. The Morgan fingerprint density at radius 1 is 0.789 bits per heavy atom. The zero-order valence-corrected chi connectivity index (χ0v) is 13.1. The molecule has 0 bridgehead atoms. The summed E-state index contributed by atoms with van der Waals surface area (Å²) in [5.41, 5.74) is 0. The van der Waals surface area contributed by atoms with Crippen LogP contribution in [-0.2, 0) is 0 Å². The molecule has 0 unspecified atom stereocenters. The van der Waals surface area contributed by atoms with Gasteiger partial charge >= 0.3 is 0 Å². The highest BCUT2D eigenvalue weighted by Gasteiger charge is 2.28. The van der Waals surface area contributed by atoms with Gasteiger partial charge in [-0.2, -0.15) is 0 Å². The molecular formula is C16H34N2O+2. The molecule has 0 aromatic rings. The fraction of sp³-hybridized carbons (Fsp3) is 1.00. The lowest BCUT2D eigenvalue weighted by molar-refractivity contribution is -0.898. The second-order valence-electron chi connectivity index (χ2n) is 7.58. The Balaban J connectivity index is 1.58. The molecule has 3 nitrogen and oxygen atoms in total. The maximum Gasteiger partial charge on any atom is 0.0809 e. The van der Waals surface area contributed by atoms with Gasteiger partial charge in [0.1, 0.15) is 0 Å². The molecule has 3 heteroatoms. The Labute approximate surface area is 119 Å². The molecule has 2 rings (SSSR count). The number of hydrogen-bond donors (Lipinski definition) is 1. The lowest BCUT2D eigenvalue weighted by Crippen LogP contribution is -2.43. The van der Waals surface area contributed by atoms with E-state index < -0.39 is 0 Å². The van der Waals surface area contributed by atoms with Crippen molar-refractivity contribution >= 4 is 0 Å². The van der Waals surface area contributed by atoms with Crippen LogP contribution >= 0.6 is 0 Å². The van der Waals surface area contributed by atoms with Gasteiger partial charge in [-0.15, -0.1) is 0 Å². The molecule has 0 aromatic carbocycles. The summed E-state index contributed by atoms with van der Waals surface area (Å²) in [6, 6.07) is 0. The highest BCUT2D eigenvalue weighted by Crippen LogP contribution is 2.20. The fourth-order valence-electron chi connectivity index (χ4n) is 3.96. The van der Waals surface area contributed by atoms with Crippen LogP contribution < -0.4 is 0 Å². The number of likely N-dealkylation sites (tertiary alicyclic amines) is 2. The lowest BCUT2D eigenvalue weighted by Gasteiger charge is -2.31. The number of aliphatic hydroxyl groups excluding tert-OH is 1. The van der Waals surface area contributed by atoms with Crippen molar-refractivity contribution in [2.45, 2.75) is 51.0 Å². The minimum absolute atomic E-state index is 0.0650. The van der Waals surface area contributed by atoms with Crippen molar-refractivity contribution in [1.82, 2.24) is 0 Å². The molecule has 0 aliphatic carbocycles. The third-order valence-corrected chi connectivity index (χ3v) is 5.53. The minimum Gasteiger partial charge on any atom is -0.393 e. The van der Waals surface area contributed by atoms with Gasteiger partial charge in [0.05, 0.1) is 59.5 Å². The van der Waals surface area contributed by atoms with Crippen LogP contribution in [0.4, 0.5) is 0 Å². The number of hydrogen-bond acceptors (Lipinski definition) is 1. The van der Waals surface area contributed by atoms with E-state index in [1.807, 2.05) is 0 Å². The molecule has 0 spiro atoms. The zero-order chi connectivity index (χ0) is 13.8. The van der Waals surface area contributed by atoms with Crippen LogP contribution in [0.1, 0.15) is 44.9 Å². The Hall–Kier alpha value is -0.120. The van der Waals surface area contributed by atoms with Gasteiger partial charge in [0.2, 0.25) is 0 Å². The molecule has 112 valence electrons. The van der Waals surface area contributed by atoms with E-state index in [9.17, 15) is 5.11 Å². The van der Waals surface area contributed by atoms with Crippen LogP contribution in [0.2, 0.25) is 0 Å². The normalized spacial score (nSPS) is 26.7. The number of nitrogens with zero attached hydrogens (tertiary/aromatic N) is 2. The van der Waals surface area contributed by atoms with E-state index in [0.717, 1.165) is 12.8 Å². The van der Waals surface area contributed by atoms with Crippen LogP contribution in [0, 0.1) is 0 Å². The molecule has 1 atom stereocenters. The van der Waals surface area contributed by atoms with Crippen LogP contribution in [0.25, 0.3) is 0 Å². The summed E-state index contributed by atoms with van der Waals surface area (Å²) in [6.07, 6.45) is 8.69. The van der Waals surface area contributed by atoms with Gasteiger partial charge in [0.25, 0.3) is 0 Å². The van der Waals surface area contributed by atoms with Gasteiger partial charge in [0, 0.05) is 32.1 Å². The van der Waals surface area contributed by atoms with E-state index in [0.29, 0.717) is 0 Å². The predicted molar refractivity (Wildman–Crippen MR) is 79.9 cm³/mol. The number of aliphatic hydroxyl groups is 1. The molecule has 19 heavy (non-hydrogen) atoms. The van der Waals surface area contributed by atoms with Gasteiger partial charge < -0.3 is 14.1 Å². The Morgan fingerprint density at radius 3 is 1.79 bits per heavy atom. The smallest absolute Gasteiger partial charge is 0.0809 e. The van der Waals surface area contributed by atoms with Crippen molar-refractivity contribution in [3.05, 3.63) is 0 Å². The Kier molecular flexibility index (Phi) is 5.27. The highest BCUT2D eigenvalue weighted by molar-refractivity contribution is 4.60. The molecule has 0 aromatic heterocycles. The molecule has 2 aliphatic heterocycles. The Bertz CT molecular complexity index is 268. The maximum absolute atomic E-state index is 10.2. The molecule has 0 radical (unpaired) electrons. The molecular weight excluding hydrogens is 236 g/mol. The molecule has 2 fully saturated rings. The third-order valence-electron chi connectivity index (χ3n) is 5.53. The maximum atomic E-state index is 10.2. The second kappa shape index (κ2) is 6.55. The molecule has 2 saturated heterocycles. The van der Waals surface area contributed by atoms with Crippen molar-refractivity contribution in [1.29, 1.82) is 0 Å². The van der Waals surface area contributed by atoms with Crippen molar-refractivity contribution in [2.24, 2.45) is 0 Å². The van der Waals surface area contributed by atoms with E-state index in [1.54, 1.807) is 0 Å². The van der Waals surface area contributed by atoms with Crippen LogP contribution in [-0.4, -0.2) is 73.5 Å². The lowest BCUT2D eigenvalue weighted by atomic mass is 10.1. The summed E-state index contributed by atoms with van der Waals surface area (Å²) in [6.45, 7) is 7.79. The molecule has 0 saturated carbocycles. The average Bonchev–Trinajstić information content (AvgIpc) is 2.97. The van der Waals surface area contributed by atoms with Crippen molar-refractivity contribution in [3.8, 4) is 0 Å². The first kappa shape index (κ1) is 15.3. The topological polar surface area (TPSA) is 20.2 Å². The van der Waals surface area contributed by atoms with Crippen molar-refractivity contribution in [2.75, 3.05) is 53.4 Å². The van der Waals surface area contributed by atoms with Gasteiger partial charge in [-0.3, -0.25) is 0 Å². The summed E-state index contributed by atoms with van der Waals surface area (Å²) in [5.74, 6) is 0. The first-order valence-corrected chi connectivity index (χ1v) is 8.37. The van der Waals surface area contributed by atoms with E-state index in [2.05, 4.69) is 14.1 Å². The SMILES string of the molecule is C[N+]1(CCC[C@@H](O)CC[N+]2(C)CCCC2)CCCC1. The van der Waals surface area contributed by atoms with E-state index in [1.165, 1.54) is 80.3 Å². The third kappa shape index (κ3) is 4.73. The van der Waals surface area contributed by atoms with Gasteiger partial charge in [-0.05, 0) is 12.8 Å². The van der Waals surface area contributed by atoms with Crippen LogP contribution in [0.3, 0.4) is 0 Å². The van der Waals surface area contributed by atoms with E-state index in [4.69, 9.17) is 0 Å². The molecule has 2 aliphatic rings. The summed E-state index contributed by atoms with van der Waals surface area (Å²) in [5, 5.41) is 10.2. The zero-order valence-electron chi connectivity index (χ0n) is 13.1. The molecule has 1 N–H and O–H groups in total. The summed E-state index contributed by atoms with van der Waals surface area (Å²) >= 11 is 0. The monoisotopic (exact) mass is 270 g/mol. The van der Waals surface area contributed by atoms with Gasteiger partial charge in [-0.1, -0.05) is 0 Å². The molecule has 2 heterocycles. The predicted octanol–water partition coefficient (Wildman–Crippen LogP) is 2.00. The first-order valence-electron chi connectivity index (χ1n) is 8.37. The summed E-state index contributed by atoms with van der Waals surface area (Å²) < 4.78 is 2.45. The quantitative estimate of drug-likeness (QED) is 0.702. The van der Waals surface area contributed by atoms with Crippen LogP contribution in [0.5, 0.6) is 0 Å². The standard InChI is InChI=1S/C16H34N2O/c1-17(10-3-4-11-17)14-7-8-16(19)9-15-18(2)12-5-6-13-18/h16,19H,3-15H2,1-2H3/q+2/t16-/m1/s1. The highest BCUT2D eigenvalue weighted by atomic mass is 16.3. The van der Waals surface area contributed by atoms with E-state index in [-0.39, 0.29) is 6.10 Å². The fourth-order valence-corrected chi connectivity index (χ4v) is 3.96. The van der Waals surface area contributed by atoms with Gasteiger partial charge in [0.15, 0.2) is 0 Å². The largest absolute Gasteiger partial charge is 0.393 e. The van der Waals surface area contributed by atoms with Crippen LogP contribution in [0.15, 0.2) is 0 Å².